The predicted octanol–water partition coefficient (Wildman–Crippen LogP) is 6.97. The molecule has 2 saturated heterocycles. The van der Waals surface area contributed by atoms with Crippen LogP contribution in [0, 0.1) is 19.8 Å². The molecule has 2 aliphatic heterocycles. The van der Waals surface area contributed by atoms with Gasteiger partial charge in [0.05, 0.1) is 33.9 Å². The predicted molar refractivity (Wildman–Crippen MR) is 213 cm³/mol. The monoisotopic (exact) mass is 777 g/mol. The number of thiophene rings is 1. The summed E-state index contributed by atoms with van der Waals surface area (Å²) in [6.07, 6.45) is -0.651. The summed E-state index contributed by atoms with van der Waals surface area (Å²) >= 11 is 3.23. The second-order valence-corrected chi connectivity index (χ2v) is 16.9. The van der Waals surface area contributed by atoms with E-state index in [1.54, 1.807) is 34.8 Å². The lowest BCUT2D eigenvalue weighted by molar-refractivity contribution is -0.141. The van der Waals surface area contributed by atoms with Crippen molar-refractivity contribution in [3.63, 3.8) is 0 Å². The molecule has 4 aromatic heterocycles. The van der Waals surface area contributed by atoms with Crippen LogP contribution in [0.4, 0.5) is 5.82 Å². The highest BCUT2D eigenvalue weighted by atomic mass is 32.1. The maximum Gasteiger partial charge on any atom is 0.243 e. The number of phenols is 1. The van der Waals surface area contributed by atoms with Gasteiger partial charge in [-0.1, -0.05) is 55.4 Å². The van der Waals surface area contributed by atoms with Crippen molar-refractivity contribution in [3.05, 3.63) is 93.6 Å². The lowest BCUT2D eigenvalue weighted by Gasteiger charge is -2.39. The number of aryl methyl sites for hydroxylation is 2. The van der Waals surface area contributed by atoms with Crippen molar-refractivity contribution in [2.45, 2.75) is 71.1 Å². The molecule has 0 spiro atoms. The molecule has 2 aromatic carbocycles. The van der Waals surface area contributed by atoms with Crippen LogP contribution in [0.3, 0.4) is 0 Å². The lowest BCUT2D eigenvalue weighted by atomic mass is 9.91. The van der Waals surface area contributed by atoms with Crippen molar-refractivity contribution in [1.82, 2.24) is 30.6 Å². The lowest BCUT2D eigenvalue weighted by Crippen LogP contribution is -2.48. The van der Waals surface area contributed by atoms with Crippen LogP contribution in [0.25, 0.3) is 31.9 Å². The third-order valence-corrected chi connectivity index (χ3v) is 13.2. The van der Waals surface area contributed by atoms with E-state index in [0.29, 0.717) is 22.8 Å². The molecule has 6 heterocycles. The Hall–Kier alpha value is -5.18. The van der Waals surface area contributed by atoms with Gasteiger partial charge in [-0.15, -0.1) is 32.9 Å². The van der Waals surface area contributed by atoms with Crippen molar-refractivity contribution in [2.75, 3.05) is 24.5 Å². The first-order valence-corrected chi connectivity index (χ1v) is 20.2. The molecule has 2 fully saturated rings. The van der Waals surface area contributed by atoms with E-state index in [0.717, 1.165) is 50.6 Å². The molecule has 0 bridgehead atoms. The van der Waals surface area contributed by atoms with Crippen LogP contribution in [0.5, 0.6) is 5.75 Å². The molecular formula is C41H43N7O5S2. The third-order valence-electron chi connectivity index (χ3n) is 10.9. The summed E-state index contributed by atoms with van der Waals surface area (Å²) in [6, 6.07) is 17.9. The van der Waals surface area contributed by atoms with Gasteiger partial charge in [0.1, 0.15) is 22.5 Å². The number of aromatic hydroxyl groups is 1. The molecule has 8 rings (SSSR count). The number of carbonyl (C=O) groups excluding carboxylic acids is 2. The summed E-state index contributed by atoms with van der Waals surface area (Å²) in [7, 11) is 0. The molecule has 3 N–H and O–H groups in total. The summed E-state index contributed by atoms with van der Waals surface area (Å²) in [6.45, 7) is 11.4. The number of benzene rings is 2. The maximum absolute atomic E-state index is 14.2. The van der Waals surface area contributed by atoms with Gasteiger partial charge in [0.2, 0.25) is 11.8 Å². The summed E-state index contributed by atoms with van der Waals surface area (Å²) in [5.41, 5.74) is 7.26. The number of phenolic OH excluding ortho intramolecular Hbond substituents is 1. The number of carbonyl (C=O) groups is 2. The molecule has 0 aliphatic carbocycles. The van der Waals surface area contributed by atoms with E-state index in [9.17, 15) is 19.8 Å². The fraction of sp³-hybridized carbons (Fsp3) is 0.366. The summed E-state index contributed by atoms with van der Waals surface area (Å²) in [5, 5.41) is 38.4. The number of nitrogens with zero attached hydrogens (tertiary/aromatic N) is 6. The largest absolute Gasteiger partial charge is 0.507 e. The van der Waals surface area contributed by atoms with Crippen LogP contribution in [0.15, 0.2) is 70.7 Å². The van der Waals surface area contributed by atoms with E-state index in [1.165, 1.54) is 9.78 Å². The molecule has 2 amide bonds. The number of hydrogen-bond donors (Lipinski definition) is 3. The summed E-state index contributed by atoms with van der Waals surface area (Å²) < 4.78 is 5.85. The van der Waals surface area contributed by atoms with E-state index in [2.05, 4.69) is 37.5 Å². The van der Waals surface area contributed by atoms with Gasteiger partial charge < -0.3 is 29.9 Å². The molecule has 4 atom stereocenters. The van der Waals surface area contributed by atoms with Crippen LogP contribution in [0.2, 0.25) is 0 Å². The fourth-order valence-electron chi connectivity index (χ4n) is 7.77. The Balaban J connectivity index is 0.929. The Morgan fingerprint density at radius 2 is 1.76 bits per heavy atom. The molecule has 12 nitrogen and oxygen atoms in total. The highest BCUT2D eigenvalue weighted by Gasteiger charge is 2.44. The highest BCUT2D eigenvalue weighted by molar-refractivity contribution is 7.19. The maximum atomic E-state index is 14.2. The first-order chi connectivity index (χ1) is 26.5. The van der Waals surface area contributed by atoms with E-state index >= 15 is 0 Å². The number of β-amino-alcohol motifs (C(OH)–C–C–N with tert-alkyl or cyclic N) is 1. The van der Waals surface area contributed by atoms with Crippen molar-refractivity contribution >= 4 is 50.5 Å². The number of amides is 2. The van der Waals surface area contributed by atoms with Crippen LogP contribution in [0.1, 0.15) is 72.5 Å². The minimum absolute atomic E-state index is 0.0686. The molecule has 0 saturated carbocycles. The number of anilines is 1. The zero-order chi connectivity index (χ0) is 38.5. The number of rotatable bonds is 10. The van der Waals surface area contributed by atoms with Gasteiger partial charge >= 0.3 is 0 Å². The van der Waals surface area contributed by atoms with Crippen LogP contribution in [-0.2, 0) is 9.59 Å². The van der Waals surface area contributed by atoms with E-state index < -0.39 is 18.1 Å². The number of aliphatic hydroxyl groups excluding tert-OH is 1. The first-order valence-electron chi connectivity index (χ1n) is 18.5. The summed E-state index contributed by atoms with van der Waals surface area (Å²) in [4.78, 5) is 39.1. The van der Waals surface area contributed by atoms with Gasteiger partial charge in [0, 0.05) is 53.9 Å². The standard InChI is InChI=1S/C41H43N7O5S2/c1-21(2)36(41(52)48-19-28(49)14-32(48)39(51)43-23(4)25-10-12-26(13-11-25)38-24(5)42-20-54-38)34-16-35(46-53-34)47-17-27(18-47)37-22(3)30-15-31(44-45-40(30)55-37)29-8-6-7-9-33(29)50/h6-13,15-16,20-21,23,27-28,32,36,49-50H,14,17-19H2,1-5H3,(H,43,51)/t23-,28+,32-,36+/m0/s1. The van der Waals surface area contributed by atoms with Gasteiger partial charge in [-0.25, -0.2) is 4.98 Å². The topological polar surface area (TPSA) is 158 Å². The molecular weight excluding hydrogens is 735 g/mol. The smallest absolute Gasteiger partial charge is 0.243 e. The Morgan fingerprint density at radius 1 is 1.00 bits per heavy atom. The second-order valence-electron chi connectivity index (χ2n) is 15.0. The van der Waals surface area contributed by atoms with Gasteiger partial charge in [-0.05, 0) is 61.6 Å². The molecule has 284 valence electrons. The Kier molecular flexibility index (Phi) is 9.90. The van der Waals surface area contributed by atoms with Crippen molar-refractivity contribution in [2.24, 2.45) is 5.92 Å². The highest BCUT2D eigenvalue weighted by Crippen LogP contribution is 2.42. The number of likely N-dealkylation sites (tertiary alicyclic amines) is 1. The number of thiazole rings is 1. The van der Waals surface area contributed by atoms with Gasteiger partial charge in [0.25, 0.3) is 0 Å². The number of aromatic nitrogens is 4. The third kappa shape index (κ3) is 6.98. The van der Waals surface area contributed by atoms with Crippen molar-refractivity contribution in [3.8, 4) is 27.4 Å². The molecule has 14 heteroatoms. The van der Waals surface area contributed by atoms with Crippen molar-refractivity contribution < 1.29 is 24.3 Å². The summed E-state index contributed by atoms with van der Waals surface area (Å²) in [5.74, 6) is 0.136. The van der Waals surface area contributed by atoms with Crippen molar-refractivity contribution in [1.29, 1.82) is 0 Å². The quantitative estimate of drug-likeness (QED) is 0.133. The van der Waals surface area contributed by atoms with E-state index in [-0.39, 0.29) is 48.4 Å². The Morgan fingerprint density at radius 3 is 2.47 bits per heavy atom. The zero-order valence-corrected chi connectivity index (χ0v) is 32.9. The second kappa shape index (κ2) is 14.8. The van der Waals surface area contributed by atoms with E-state index in [1.807, 2.05) is 81.7 Å². The molecule has 6 aromatic rings. The van der Waals surface area contributed by atoms with E-state index in [4.69, 9.17) is 4.52 Å². The average Bonchev–Trinajstić information content (AvgIpc) is 3.95. The number of fused-ring (bicyclic) bond motifs is 1. The van der Waals surface area contributed by atoms with Crippen LogP contribution in [-0.4, -0.2) is 79.0 Å². The van der Waals surface area contributed by atoms with Gasteiger partial charge in [-0.2, -0.15) is 0 Å². The number of nitrogens with one attached hydrogen (secondary N) is 1. The fourth-order valence-corrected chi connectivity index (χ4v) is 9.77. The first kappa shape index (κ1) is 36.8. The SMILES string of the molecule is Cc1ncsc1-c1ccc([C@H](C)NC(=O)[C@@H]2C[C@@H](O)CN2C(=O)[C@@H](c2cc(N3CC(c4sc5nnc(-c6ccccc6O)cc5c4C)C3)no2)C(C)C)cc1. The van der Waals surface area contributed by atoms with Gasteiger partial charge in [-0.3, -0.25) is 9.59 Å². The van der Waals surface area contributed by atoms with Crippen LogP contribution < -0.4 is 10.2 Å². The Labute approximate surface area is 326 Å². The minimum atomic E-state index is -0.812. The Bertz CT molecular complexity index is 2360. The molecule has 0 unspecified atom stereocenters. The van der Waals surface area contributed by atoms with Crippen LogP contribution >= 0.6 is 22.7 Å². The normalized spacial score (nSPS) is 18.5. The number of hydrogen-bond acceptors (Lipinski definition) is 12. The average molecular weight is 778 g/mol. The zero-order valence-electron chi connectivity index (χ0n) is 31.3. The molecule has 2 aliphatic rings. The van der Waals surface area contributed by atoms with Gasteiger partial charge in [0.15, 0.2) is 11.6 Å². The molecule has 55 heavy (non-hydrogen) atoms. The number of aliphatic hydroxyl groups is 1. The number of para-hydroxylation sites is 1. The molecule has 0 radical (unpaired) electrons. The minimum Gasteiger partial charge on any atom is -0.507 e.